The molecule has 0 saturated carbocycles. The van der Waals surface area contributed by atoms with Gasteiger partial charge in [-0.1, -0.05) is 0 Å². The zero-order chi connectivity index (χ0) is 11.8. The van der Waals surface area contributed by atoms with Gasteiger partial charge in [-0.25, -0.2) is 4.39 Å². The molecular weight excluding hydrogens is 225 g/mol. The van der Waals surface area contributed by atoms with Crippen LogP contribution in [-0.4, -0.2) is 12.4 Å². The minimum Gasteiger partial charge on any atom is -0.491 e. The SMILES string of the molecule is N#Cc1ccc(OCCCCCS)c(F)c1. The van der Waals surface area contributed by atoms with Crippen molar-refractivity contribution in [3.63, 3.8) is 0 Å². The molecule has 0 aliphatic carbocycles. The predicted octanol–water partition coefficient (Wildman–Crippen LogP) is 3.18. The molecule has 86 valence electrons. The summed E-state index contributed by atoms with van der Waals surface area (Å²) in [5, 5.41) is 8.56. The highest BCUT2D eigenvalue weighted by atomic mass is 32.1. The molecule has 1 aromatic rings. The van der Waals surface area contributed by atoms with Crippen molar-refractivity contribution in [2.24, 2.45) is 0 Å². The Kier molecular flexibility index (Phi) is 5.73. The topological polar surface area (TPSA) is 33.0 Å². The maximum Gasteiger partial charge on any atom is 0.166 e. The second kappa shape index (κ2) is 7.13. The maximum atomic E-state index is 13.3. The number of hydrogen-bond acceptors (Lipinski definition) is 3. The van der Waals surface area contributed by atoms with E-state index in [4.69, 9.17) is 10.00 Å². The van der Waals surface area contributed by atoms with Gasteiger partial charge in [0.05, 0.1) is 18.2 Å². The van der Waals surface area contributed by atoms with Gasteiger partial charge in [0, 0.05) is 0 Å². The smallest absolute Gasteiger partial charge is 0.166 e. The van der Waals surface area contributed by atoms with Crippen LogP contribution in [0.4, 0.5) is 4.39 Å². The van der Waals surface area contributed by atoms with Crippen LogP contribution in [0.15, 0.2) is 18.2 Å². The van der Waals surface area contributed by atoms with Crippen molar-refractivity contribution in [2.45, 2.75) is 19.3 Å². The van der Waals surface area contributed by atoms with E-state index in [0.717, 1.165) is 25.0 Å². The number of benzene rings is 1. The highest BCUT2D eigenvalue weighted by Crippen LogP contribution is 2.18. The first-order valence-corrected chi connectivity index (χ1v) is 5.84. The molecule has 0 saturated heterocycles. The fourth-order valence-corrected chi connectivity index (χ4v) is 1.48. The Morgan fingerprint density at radius 2 is 2.12 bits per heavy atom. The zero-order valence-corrected chi connectivity index (χ0v) is 9.84. The van der Waals surface area contributed by atoms with Crippen LogP contribution in [0.5, 0.6) is 5.75 Å². The van der Waals surface area contributed by atoms with E-state index >= 15 is 0 Å². The van der Waals surface area contributed by atoms with E-state index in [2.05, 4.69) is 12.6 Å². The van der Waals surface area contributed by atoms with E-state index < -0.39 is 5.82 Å². The Labute approximate surface area is 100 Å². The molecular formula is C12H14FNOS. The molecule has 16 heavy (non-hydrogen) atoms. The molecule has 0 aliphatic rings. The van der Waals surface area contributed by atoms with Crippen molar-refractivity contribution in [1.29, 1.82) is 5.26 Å². The first-order chi connectivity index (χ1) is 7.77. The fraction of sp³-hybridized carbons (Fsp3) is 0.417. The summed E-state index contributed by atoms with van der Waals surface area (Å²) in [4.78, 5) is 0. The van der Waals surface area contributed by atoms with Crippen LogP contribution >= 0.6 is 12.6 Å². The number of ether oxygens (including phenoxy) is 1. The van der Waals surface area contributed by atoms with Crippen molar-refractivity contribution < 1.29 is 9.13 Å². The van der Waals surface area contributed by atoms with Crippen LogP contribution in [-0.2, 0) is 0 Å². The lowest BCUT2D eigenvalue weighted by Crippen LogP contribution is -1.99. The van der Waals surface area contributed by atoms with Crippen LogP contribution < -0.4 is 4.74 Å². The molecule has 0 unspecified atom stereocenters. The Balaban J connectivity index is 2.40. The minimum absolute atomic E-state index is 0.213. The minimum atomic E-state index is -0.478. The molecule has 1 aromatic carbocycles. The van der Waals surface area contributed by atoms with Gasteiger partial charge in [0.15, 0.2) is 11.6 Å². The molecule has 0 spiro atoms. The van der Waals surface area contributed by atoms with E-state index in [-0.39, 0.29) is 5.75 Å². The van der Waals surface area contributed by atoms with Gasteiger partial charge in [-0.05, 0) is 43.2 Å². The van der Waals surface area contributed by atoms with Gasteiger partial charge in [-0.15, -0.1) is 0 Å². The molecule has 0 amide bonds. The summed E-state index contributed by atoms with van der Waals surface area (Å²) in [5.74, 6) is 0.601. The summed E-state index contributed by atoms with van der Waals surface area (Å²) in [6.45, 7) is 0.497. The molecule has 4 heteroatoms. The van der Waals surface area contributed by atoms with E-state index in [0.29, 0.717) is 12.2 Å². The Morgan fingerprint density at radius 1 is 1.31 bits per heavy atom. The number of nitrogens with zero attached hydrogens (tertiary/aromatic N) is 1. The molecule has 0 heterocycles. The lowest BCUT2D eigenvalue weighted by Gasteiger charge is -2.06. The highest BCUT2D eigenvalue weighted by molar-refractivity contribution is 7.80. The van der Waals surface area contributed by atoms with Crippen LogP contribution in [0.25, 0.3) is 0 Å². The number of halogens is 1. The lowest BCUT2D eigenvalue weighted by atomic mass is 10.2. The molecule has 0 aliphatic heterocycles. The molecule has 0 N–H and O–H groups in total. The molecule has 0 aromatic heterocycles. The Morgan fingerprint density at radius 3 is 2.75 bits per heavy atom. The van der Waals surface area contributed by atoms with Crippen LogP contribution in [0, 0.1) is 17.1 Å². The van der Waals surface area contributed by atoms with Crippen molar-refractivity contribution >= 4 is 12.6 Å². The van der Waals surface area contributed by atoms with Crippen molar-refractivity contribution in [3.05, 3.63) is 29.6 Å². The summed E-state index contributed by atoms with van der Waals surface area (Å²) in [7, 11) is 0. The van der Waals surface area contributed by atoms with Gasteiger partial charge < -0.3 is 4.74 Å². The van der Waals surface area contributed by atoms with Gasteiger partial charge in [-0.2, -0.15) is 17.9 Å². The monoisotopic (exact) mass is 239 g/mol. The van der Waals surface area contributed by atoms with E-state index in [1.807, 2.05) is 6.07 Å². The molecule has 0 radical (unpaired) electrons. The summed E-state index contributed by atoms with van der Waals surface area (Å²) in [6.07, 6.45) is 2.96. The number of unbranched alkanes of at least 4 members (excludes halogenated alkanes) is 2. The average Bonchev–Trinajstić information content (AvgIpc) is 2.30. The van der Waals surface area contributed by atoms with Gasteiger partial charge >= 0.3 is 0 Å². The van der Waals surface area contributed by atoms with Crippen LogP contribution in [0.2, 0.25) is 0 Å². The van der Waals surface area contributed by atoms with Gasteiger partial charge in [0.2, 0.25) is 0 Å². The second-order valence-electron chi connectivity index (χ2n) is 3.39. The quantitative estimate of drug-likeness (QED) is 0.611. The third-order valence-corrected chi connectivity index (χ3v) is 2.44. The summed E-state index contributed by atoms with van der Waals surface area (Å²) in [6, 6.07) is 6.10. The lowest BCUT2D eigenvalue weighted by molar-refractivity contribution is 0.291. The third kappa shape index (κ3) is 4.11. The van der Waals surface area contributed by atoms with Crippen molar-refractivity contribution in [2.75, 3.05) is 12.4 Å². The Hall–Kier alpha value is -1.21. The number of hydrogen-bond donors (Lipinski definition) is 1. The normalized spacial score (nSPS) is 9.81. The molecule has 2 nitrogen and oxygen atoms in total. The highest BCUT2D eigenvalue weighted by Gasteiger charge is 2.03. The fourth-order valence-electron chi connectivity index (χ4n) is 1.26. The first-order valence-electron chi connectivity index (χ1n) is 5.21. The summed E-state index contributed by atoms with van der Waals surface area (Å²) < 4.78 is 18.6. The number of nitriles is 1. The third-order valence-electron chi connectivity index (χ3n) is 2.12. The van der Waals surface area contributed by atoms with Crippen molar-refractivity contribution in [3.8, 4) is 11.8 Å². The molecule has 0 bridgehead atoms. The van der Waals surface area contributed by atoms with Gasteiger partial charge in [-0.3, -0.25) is 0 Å². The van der Waals surface area contributed by atoms with E-state index in [1.54, 1.807) is 6.07 Å². The summed E-state index contributed by atoms with van der Waals surface area (Å²) in [5.41, 5.74) is 0.305. The van der Waals surface area contributed by atoms with E-state index in [9.17, 15) is 4.39 Å². The van der Waals surface area contributed by atoms with Crippen LogP contribution in [0.3, 0.4) is 0 Å². The second-order valence-corrected chi connectivity index (χ2v) is 3.84. The predicted molar refractivity (Wildman–Crippen MR) is 64.3 cm³/mol. The first kappa shape index (κ1) is 12.9. The van der Waals surface area contributed by atoms with Gasteiger partial charge in [0.1, 0.15) is 0 Å². The largest absolute Gasteiger partial charge is 0.491 e. The average molecular weight is 239 g/mol. The zero-order valence-electron chi connectivity index (χ0n) is 8.95. The number of rotatable bonds is 6. The molecule has 0 atom stereocenters. The molecule has 0 fully saturated rings. The van der Waals surface area contributed by atoms with Crippen molar-refractivity contribution in [1.82, 2.24) is 0 Å². The molecule has 1 rings (SSSR count). The van der Waals surface area contributed by atoms with E-state index in [1.165, 1.54) is 12.1 Å². The maximum absolute atomic E-state index is 13.3. The summed E-state index contributed by atoms with van der Waals surface area (Å²) >= 11 is 4.10. The Bertz CT molecular complexity index is 376. The van der Waals surface area contributed by atoms with Crippen LogP contribution in [0.1, 0.15) is 24.8 Å². The standard InChI is InChI=1S/C12H14FNOS/c13-11-8-10(9-14)4-5-12(11)15-6-2-1-3-7-16/h4-5,8,16H,1-3,6-7H2. The van der Waals surface area contributed by atoms with Gasteiger partial charge in [0.25, 0.3) is 0 Å². The number of thiol groups is 1.